The summed E-state index contributed by atoms with van der Waals surface area (Å²) in [7, 11) is 0. The van der Waals surface area contributed by atoms with Crippen LogP contribution in [0.2, 0.25) is 0 Å². The van der Waals surface area contributed by atoms with Gasteiger partial charge in [-0.15, -0.1) is 0 Å². The van der Waals surface area contributed by atoms with Gasteiger partial charge >= 0.3 is 0 Å². The smallest absolute Gasteiger partial charge is 0.250 e. The van der Waals surface area contributed by atoms with E-state index in [4.69, 9.17) is 11.5 Å². The van der Waals surface area contributed by atoms with Gasteiger partial charge < -0.3 is 21.3 Å². The van der Waals surface area contributed by atoms with Gasteiger partial charge in [-0.2, -0.15) is 0 Å². The lowest BCUT2D eigenvalue weighted by molar-refractivity contribution is -0.148. The molecule has 4 rings (SSSR count). The van der Waals surface area contributed by atoms with Crippen molar-refractivity contribution in [2.75, 3.05) is 12.3 Å². The number of rotatable bonds is 6. The maximum atomic E-state index is 13.8. The molecule has 0 radical (unpaired) electrons. The molecule has 1 fully saturated rings. The molecule has 3 amide bonds. The van der Waals surface area contributed by atoms with Crippen LogP contribution in [0, 0.1) is 0 Å². The molecule has 1 unspecified atom stereocenters. The van der Waals surface area contributed by atoms with E-state index in [0.717, 1.165) is 20.8 Å². The zero-order valence-corrected chi connectivity index (χ0v) is 20.4. The Kier molecular flexibility index (Phi) is 6.83. The minimum atomic E-state index is -0.899. The number of benzene rings is 2. The van der Waals surface area contributed by atoms with Crippen LogP contribution in [0.3, 0.4) is 0 Å². The van der Waals surface area contributed by atoms with Crippen LogP contribution in [0.5, 0.6) is 0 Å². The molecule has 4 N–H and O–H groups in total. The van der Waals surface area contributed by atoms with Crippen LogP contribution in [0.1, 0.15) is 36.9 Å². The summed E-state index contributed by atoms with van der Waals surface area (Å²) in [5, 5.41) is 1.72. The Balaban J connectivity index is 1.74. The number of halogens is 1. The summed E-state index contributed by atoms with van der Waals surface area (Å²) >= 11 is 3.42. The van der Waals surface area contributed by atoms with E-state index in [1.807, 2.05) is 48.5 Å². The molecular formula is C25H26BrN5O3. The average Bonchev–Trinajstić information content (AvgIpc) is 3.30. The predicted octanol–water partition coefficient (Wildman–Crippen LogP) is 3.15. The van der Waals surface area contributed by atoms with Gasteiger partial charge in [0.25, 0.3) is 5.91 Å². The van der Waals surface area contributed by atoms with Gasteiger partial charge in [-0.05, 0) is 53.6 Å². The van der Waals surface area contributed by atoms with Crippen molar-refractivity contribution < 1.29 is 14.4 Å². The second-order valence-corrected chi connectivity index (χ2v) is 9.36. The molecule has 0 aliphatic carbocycles. The zero-order chi connectivity index (χ0) is 24.4. The first-order chi connectivity index (χ1) is 16.3. The summed E-state index contributed by atoms with van der Waals surface area (Å²) in [5.41, 5.74) is 13.0. The Hall–Kier alpha value is -3.46. The third-order valence-corrected chi connectivity index (χ3v) is 6.74. The number of carbonyl (C=O) groups is 3. The number of nitrogen functional groups attached to an aromatic ring is 1. The molecule has 1 aromatic heterocycles. The highest BCUT2D eigenvalue weighted by Gasteiger charge is 2.39. The van der Waals surface area contributed by atoms with Crippen molar-refractivity contribution in [3.8, 4) is 0 Å². The Bertz CT molecular complexity index is 1250. The molecular weight excluding hydrogens is 498 g/mol. The van der Waals surface area contributed by atoms with Gasteiger partial charge in [-0.25, -0.2) is 4.98 Å². The molecule has 34 heavy (non-hydrogen) atoms. The molecule has 1 aliphatic rings. The summed E-state index contributed by atoms with van der Waals surface area (Å²) in [6.07, 6.45) is 2.84. The first kappa shape index (κ1) is 23.7. The van der Waals surface area contributed by atoms with Gasteiger partial charge in [0.1, 0.15) is 17.9 Å². The average molecular weight is 524 g/mol. The summed E-state index contributed by atoms with van der Waals surface area (Å²) in [6, 6.07) is 13.2. The zero-order valence-electron chi connectivity index (χ0n) is 18.8. The topological polar surface area (TPSA) is 123 Å². The number of hydrogen-bond donors (Lipinski definition) is 2. The van der Waals surface area contributed by atoms with E-state index in [1.165, 1.54) is 16.7 Å². The van der Waals surface area contributed by atoms with Gasteiger partial charge in [0.2, 0.25) is 11.8 Å². The number of carbonyl (C=O) groups excluding carboxylic acids is 3. The van der Waals surface area contributed by atoms with Crippen molar-refractivity contribution in [2.45, 2.75) is 38.4 Å². The second-order valence-electron chi connectivity index (χ2n) is 8.44. The molecule has 3 aromatic rings. The quantitative estimate of drug-likeness (QED) is 0.513. The number of aromatic nitrogens is 1. The molecule has 8 nitrogen and oxygen atoms in total. The second kappa shape index (κ2) is 9.80. The third-order valence-electron chi connectivity index (χ3n) is 6.21. The highest BCUT2D eigenvalue weighted by atomic mass is 79.9. The van der Waals surface area contributed by atoms with E-state index in [0.29, 0.717) is 30.8 Å². The van der Waals surface area contributed by atoms with Crippen molar-refractivity contribution in [3.63, 3.8) is 0 Å². The Morgan fingerprint density at radius 2 is 1.91 bits per heavy atom. The monoisotopic (exact) mass is 523 g/mol. The molecule has 0 bridgehead atoms. The van der Waals surface area contributed by atoms with E-state index in [1.54, 1.807) is 6.20 Å². The fourth-order valence-electron chi connectivity index (χ4n) is 4.51. The standard InChI is InChI=1S/C25H26BrN5O3/c1-15(32)31(14-16-4-9-20-18(13-16)10-11-29-23(20)27)22(17-5-7-19(26)8-6-17)25(34)30-12-2-3-21(30)24(28)33/h4-11,13,21-22H,2-3,12,14H2,1H3,(H2,27,29)(H2,28,33)/t21-,22?/m0/s1. The third kappa shape index (κ3) is 4.75. The number of hydrogen-bond acceptors (Lipinski definition) is 5. The molecule has 2 heterocycles. The lowest BCUT2D eigenvalue weighted by atomic mass is 10.0. The van der Waals surface area contributed by atoms with Gasteiger partial charge in [-0.1, -0.05) is 40.2 Å². The van der Waals surface area contributed by atoms with E-state index >= 15 is 0 Å². The largest absolute Gasteiger partial charge is 0.383 e. The molecule has 1 aliphatic heterocycles. The maximum absolute atomic E-state index is 13.8. The normalized spacial score (nSPS) is 16.4. The van der Waals surface area contributed by atoms with E-state index in [-0.39, 0.29) is 18.4 Å². The van der Waals surface area contributed by atoms with Crippen LogP contribution < -0.4 is 11.5 Å². The summed E-state index contributed by atoms with van der Waals surface area (Å²) < 4.78 is 0.855. The van der Waals surface area contributed by atoms with Gasteiger partial charge in [0.15, 0.2) is 0 Å². The molecule has 2 atom stereocenters. The Morgan fingerprint density at radius 3 is 2.59 bits per heavy atom. The molecule has 9 heteroatoms. The van der Waals surface area contributed by atoms with Crippen molar-refractivity contribution in [1.82, 2.24) is 14.8 Å². The van der Waals surface area contributed by atoms with Crippen LogP contribution in [0.4, 0.5) is 5.82 Å². The van der Waals surface area contributed by atoms with E-state index < -0.39 is 18.0 Å². The summed E-state index contributed by atoms with van der Waals surface area (Å²) in [5.74, 6) is -0.670. The molecule has 1 saturated heterocycles. The lowest BCUT2D eigenvalue weighted by Crippen LogP contribution is -2.49. The van der Waals surface area contributed by atoms with Crippen LogP contribution in [-0.2, 0) is 20.9 Å². The number of anilines is 1. The minimum absolute atomic E-state index is 0.203. The van der Waals surface area contributed by atoms with Gasteiger partial charge in [0, 0.05) is 36.1 Å². The van der Waals surface area contributed by atoms with Crippen LogP contribution >= 0.6 is 15.9 Å². The fraction of sp³-hybridized carbons (Fsp3) is 0.280. The highest BCUT2D eigenvalue weighted by molar-refractivity contribution is 9.10. The number of primary amides is 1. The van der Waals surface area contributed by atoms with Crippen LogP contribution in [0.25, 0.3) is 10.8 Å². The van der Waals surface area contributed by atoms with Crippen molar-refractivity contribution in [2.24, 2.45) is 5.73 Å². The molecule has 176 valence electrons. The highest BCUT2D eigenvalue weighted by Crippen LogP contribution is 2.31. The minimum Gasteiger partial charge on any atom is -0.383 e. The number of nitrogens with two attached hydrogens (primary N) is 2. The first-order valence-corrected chi connectivity index (χ1v) is 11.8. The number of pyridine rings is 1. The summed E-state index contributed by atoms with van der Waals surface area (Å²) in [6.45, 7) is 2.07. The predicted molar refractivity (Wildman–Crippen MR) is 133 cm³/mol. The fourth-order valence-corrected chi connectivity index (χ4v) is 4.78. The number of amides is 3. The number of nitrogens with zero attached hydrogens (tertiary/aromatic N) is 3. The van der Waals surface area contributed by atoms with E-state index in [9.17, 15) is 14.4 Å². The van der Waals surface area contributed by atoms with Crippen molar-refractivity contribution in [3.05, 3.63) is 70.3 Å². The van der Waals surface area contributed by atoms with Gasteiger partial charge in [-0.3, -0.25) is 14.4 Å². The van der Waals surface area contributed by atoms with Crippen LogP contribution in [-0.4, -0.2) is 45.1 Å². The lowest BCUT2D eigenvalue weighted by Gasteiger charge is -2.35. The van der Waals surface area contributed by atoms with Gasteiger partial charge in [0.05, 0.1) is 0 Å². The summed E-state index contributed by atoms with van der Waals surface area (Å²) in [4.78, 5) is 45.9. The van der Waals surface area contributed by atoms with E-state index in [2.05, 4.69) is 20.9 Å². The number of likely N-dealkylation sites (tertiary alicyclic amines) is 1. The molecule has 0 spiro atoms. The maximum Gasteiger partial charge on any atom is 0.250 e. The molecule has 0 saturated carbocycles. The Labute approximate surface area is 206 Å². The number of fused-ring (bicyclic) bond motifs is 1. The van der Waals surface area contributed by atoms with Crippen LogP contribution in [0.15, 0.2) is 59.2 Å². The first-order valence-electron chi connectivity index (χ1n) is 11.0. The SMILES string of the molecule is CC(=O)N(Cc1ccc2c(N)nccc2c1)C(C(=O)N1CCC[C@H]1C(N)=O)c1ccc(Br)cc1. The van der Waals surface area contributed by atoms with Crippen molar-refractivity contribution in [1.29, 1.82) is 0 Å². The Morgan fingerprint density at radius 1 is 1.18 bits per heavy atom. The van der Waals surface area contributed by atoms with Crippen molar-refractivity contribution >= 4 is 50.2 Å². The molecule has 2 aromatic carbocycles.